The van der Waals surface area contributed by atoms with Gasteiger partial charge in [0.05, 0.1) is 0 Å². The van der Waals surface area contributed by atoms with E-state index in [-0.39, 0.29) is 0 Å². The van der Waals surface area contributed by atoms with Gasteiger partial charge in [0.2, 0.25) is 17.8 Å². The number of unbranched alkanes of at least 4 members (excludes halogenated alkanes) is 1. The molecule has 0 atom stereocenters. The normalized spacial score (nSPS) is 10.6. The van der Waals surface area contributed by atoms with E-state index in [1.54, 1.807) is 17.1 Å². The van der Waals surface area contributed by atoms with Gasteiger partial charge < -0.3 is 10.2 Å². The fourth-order valence-corrected chi connectivity index (χ4v) is 1.97. The maximum absolute atomic E-state index is 4.57. The fraction of sp³-hybridized carbons (Fsp3) is 0.571. The summed E-state index contributed by atoms with van der Waals surface area (Å²) in [6.07, 6.45) is 7.51. The Morgan fingerprint density at radius 3 is 2.67 bits per heavy atom. The van der Waals surface area contributed by atoms with E-state index in [1.807, 2.05) is 13.1 Å². The summed E-state index contributed by atoms with van der Waals surface area (Å²) in [6.45, 7) is 8.92. The van der Waals surface area contributed by atoms with Crippen molar-refractivity contribution in [2.75, 3.05) is 29.9 Å². The highest BCUT2D eigenvalue weighted by Gasteiger charge is 2.12. The second kappa shape index (κ2) is 7.56. The average molecular weight is 289 g/mol. The quantitative estimate of drug-likeness (QED) is 0.802. The Morgan fingerprint density at radius 1 is 1.19 bits per heavy atom. The van der Waals surface area contributed by atoms with E-state index in [2.05, 4.69) is 44.0 Å². The van der Waals surface area contributed by atoms with Crippen molar-refractivity contribution in [3.8, 4) is 5.95 Å². The van der Waals surface area contributed by atoms with Crippen LogP contribution in [0.25, 0.3) is 5.95 Å². The van der Waals surface area contributed by atoms with Crippen molar-refractivity contribution in [1.29, 1.82) is 0 Å². The van der Waals surface area contributed by atoms with Gasteiger partial charge in [-0.05, 0) is 20.3 Å². The van der Waals surface area contributed by atoms with E-state index in [0.29, 0.717) is 17.8 Å². The molecule has 0 bridgehead atoms. The summed E-state index contributed by atoms with van der Waals surface area (Å²) in [5, 5.41) is 3.16. The first-order chi connectivity index (χ1) is 10.3. The van der Waals surface area contributed by atoms with Crippen LogP contribution in [0, 0.1) is 0 Å². The predicted octanol–water partition coefficient (Wildman–Crippen LogP) is 2.12. The van der Waals surface area contributed by atoms with Crippen LogP contribution in [0.4, 0.5) is 11.9 Å². The summed E-state index contributed by atoms with van der Waals surface area (Å²) in [6, 6.07) is 0. The van der Waals surface area contributed by atoms with Crippen LogP contribution in [0.1, 0.15) is 33.6 Å². The number of anilines is 2. The van der Waals surface area contributed by atoms with Crippen molar-refractivity contribution < 1.29 is 0 Å². The van der Waals surface area contributed by atoms with Gasteiger partial charge in [0.25, 0.3) is 0 Å². The van der Waals surface area contributed by atoms with E-state index in [0.717, 1.165) is 32.5 Å². The van der Waals surface area contributed by atoms with Crippen LogP contribution in [-0.4, -0.2) is 44.1 Å². The third-order valence-electron chi connectivity index (χ3n) is 3.13. The van der Waals surface area contributed by atoms with Crippen molar-refractivity contribution in [2.24, 2.45) is 0 Å². The van der Waals surface area contributed by atoms with E-state index >= 15 is 0 Å². The third-order valence-corrected chi connectivity index (χ3v) is 3.13. The lowest BCUT2D eigenvalue weighted by Gasteiger charge is -2.21. The lowest BCUT2D eigenvalue weighted by atomic mass is 10.3. The van der Waals surface area contributed by atoms with Gasteiger partial charge in [-0.25, -0.2) is 4.98 Å². The molecule has 2 heterocycles. The second-order valence-electron chi connectivity index (χ2n) is 4.69. The highest BCUT2D eigenvalue weighted by atomic mass is 15.3. The van der Waals surface area contributed by atoms with E-state index in [9.17, 15) is 0 Å². The monoisotopic (exact) mass is 289 g/mol. The Hall–Kier alpha value is -2.18. The first-order valence-electron chi connectivity index (χ1n) is 7.51. The van der Waals surface area contributed by atoms with Crippen LogP contribution in [0.15, 0.2) is 18.7 Å². The molecule has 114 valence electrons. The predicted molar refractivity (Wildman–Crippen MR) is 83.9 cm³/mol. The molecular formula is C14H23N7. The molecule has 0 aromatic carbocycles. The fourth-order valence-electron chi connectivity index (χ4n) is 1.97. The van der Waals surface area contributed by atoms with Crippen molar-refractivity contribution in [1.82, 2.24) is 24.5 Å². The highest BCUT2D eigenvalue weighted by molar-refractivity contribution is 5.40. The number of imidazole rings is 1. The van der Waals surface area contributed by atoms with E-state index < -0.39 is 0 Å². The maximum Gasteiger partial charge on any atom is 0.241 e. The first kappa shape index (κ1) is 15.2. The van der Waals surface area contributed by atoms with Crippen LogP contribution in [0.3, 0.4) is 0 Å². The Kier molecular flexibility index (Phi) is 5.48. The number of aromatic nitrogens is 5. The SMILES string of the molecule is CCCCN(CC)c1nc(NCC)nc(-n2ccnc2)n1. The number of hydrogen-bond acceptors (Lipinski definition) is 6. The molecule has 1 N–H and O–H groups in total. The molecule has 0 unspecified atom stereocenters. The summed E-state index contributed by atoms with van der Waals surface area (Å²) in [4.78, 5) is 19.7. The standard InChI is InChI=1S/C14H23N7/c1-4-7-9-20(6-3)13-17-12(16-5-2)18-14(19-13)21-10-8-15-11-21/h8,10-11H,4-7,9H2,1-3H3,(H,16,17,18,19). The van der Waals surface area contributed by atoms with Crippen molar-refractivity contribution >= 4 is 11.9 Å². The van der Waals surface area contributed by atoms with Crippen LogP contribution >= 0.6 is 0 Å². The van der Waals surface area contributed by atoms with Gasteiger partial charge in [0.1, 0.15) is 6.33 Å². The molecule has 0 saturated carbocycles. The van der Waals surface area contributed by atoms with Crippen molar-refractivity contribution in [3.63, 3.8) is 0 Å². The van der Waals surface area contributed by atoms with Gasteiger partial charge in [0, 0.05) is 32.0 Å². The van der Waals surface area contributed by atoms with Crippen molar-refractivity contribution in [3.05, 3.63) is 18.7 Å². The summed E-state index contributed by atoms with van der Waals surface area (Å²) in [7, 11) is 0. The topological polar surface area (TPSA) is 71.8 Å². The summed E-state index contributed by atoms with van der Waals surface area (Å²) in [5.74, 6) is 1.89. The smallest absolute Gasteiger partial charge is 0.241 e. The molecule has 0 aliphatic carbocycles. The van der Waals surface area contributed by atoms with Gasteiger partial charge in [-0.3, -0.25) is 4.57 Å². The number of rotatable bonds is 8. The number of hydrogen-bond donors (Lipinski definition) is 1. The maximum atomic E-state index is 4.57. The molecule has 2 aromatic heterocycles. The van der Waals surface area contributed by atoms with Gasteiger partial charge >= 0.3 is 0 Å². The molecule has 0 spiro atoms. The summed E-state index contributed by atoms with van der Waals surface area (Å²) < 4.78 is 1.79. The minimum absolute atomic E-state index is 0.586. The Morgan fingerprint density at radius 2 is 2.05 bits per heavy atom. The van der Waals surface area contributed by atoms with Crippen LogP contribution in [0.5, 0.6) is 0 Å². The number of nitrogens with one attached hydrogen (secondary N) is 1. The third kappa shape index (κ3) is 3.90. The lowest BCUT2D eigenvalue weighted by molar-refractivity contribution is 0.707. The number of nitrogens with zero attached hydrogens (tertiary/aromatic N) is 6. The molecule has 0 amide bonds. The molecule has 21 heavy (non-hydrogen) atoms. The van der Waals surface area contributed by atoms with Crippen molar-refractivity contribution in [2.45, 2.75) is 33.6 Å². The van der Waals surface area contributed by atoms with Gasteiger partial charge in [-0.15, -0.1) is 0 Å². The second-order valence-corrected chi connectivity index (χ2v) is 4.69. The molecule has 0 aliphatic heterocycles. The molecule has 7 nitrogen and oxygen atoms in total. The summed E-state index contributed by atoms with van der Waals surface area (Å²) >= 11 is 0. The summed E-state index contributed by atoms with van der Waals surface area (Å²) in [5.41, 5.74) is 0. The molecule has 0 fully saturated rings. The molecule has 2 aromatic rings. The van der Waals surface area contributed by atoms with E-state index in [4.69, 9.17) is 0 Å². The molecule has 2 rings (SSSR count). The van der Waals surface area contributed by atoms with Gasteiger partial charge in [-0.2, -0.15) is 15.0 Å². The minimum Gasteiger partial charge on any atom is -0.354 e. The highest BCUT2D eigenvalue weighted by Crippen LogP contribution is 2.14. The molecule has 0 radical (unpaired) electrons. The van der Waals surface area contributed by atoms with Crippen LogP contribution < -0.4 is 10.2 Å². The zero-order valence-corrected chi connectivity index (χ0v) is 13.0. The van der Waals surface area contributed by atoms with Gasteiger partial charge in [-0.1, -0.05) is 13.3 Å². The zero-order valence-electron chi connectivity index (χ0n) is 13.0. The van der Waals surface area contributed by atoms with E-state index in [1.165, 1.54) is 0 Å². The Labute approximate surface area is 125 Å². The molecular weight excluding hydrogens is 266 g/mol. The van der Waals surface area contributed by atoms with Crippen LogP contribution in [-0.2, 0) is 0 Å². The molecule has 7 heteroatoms. The largest absolute Gasteiger partial charge is 0.354 e. The lowest BCUT2D eigenvalue weighted by Crippen LogP contribution is -2.27. The molecule has 0 saturated heterocycles. The molecule has 0 aliphatic rings. The first-order valence-corrected chi connectivity index (χ1v) is 7.51. The van der Waals surface area contributed by atoms with Gasteiger partial charge in [0.15, 0.2) is 0 Å². The average Bonchev–Trinajstić information content (AvgIpc) is 3.02. The zero-order chi connectivity index (χ0) is 15.1. The van der Waals surface area contributed by atoms with Crippen LogP contribution in [0.2, 0.25) is 0 Å². The minimum atomic E-state index is 0.586. The Balaban J connectivity index is 2.34. The Bertz CT molecular complexity index is 538.